The number of phosphoric acid groups is 4. The Morgan fingerprint density at radius 1 is 0.709 bits per heavy atom. The first-order valence-corrected chi connectivity index (χ1v) is 29.0. The molecule has 2 aliphatic rings. The van der Waals surface area contributed by atoms with Crippen molar-refractivity contribution < 1.29 is 93.7 Å². The predicted octanol–water partition coefficient (Wildman–Crippen LogP) is -0.0943. The zero-order valence-corrected chi connectivity index (χ0v) is 44.5. The average molecular weight is 1210 g/mol. The van der Waals surface area contributed by atoms with Crippen LogP contribution >= 0.6 is 42.9 Å². The van der Waals surface area contributed by atoms with Gasteiger partial charge in [0.15, 0.2) is 46.2 Å². The van der Waals surface area contributed by atoms with Crippen molar-refractivity contribution in [3.8, 4) is 5.75 Å². The van der Waals surface area contributed by atoms with Gasteiger partial charge in [0.05, 0.1) is 39.0 Å². The molecule has 428 valence electrons. The highest BCUT2D eigenvalue weighted by Gasteiger charge is 2.53. The number of nitrogen functional groups attached to an aromatic ring is 3. The van der Waals surface area contributed by atoms with Crippen LogP contribution in [0.1, 0.15) is 24.7 Å². The molecule has 2 fully saturated rings. The summed E-state index contributed by atoms with van der Waals surface area (Å²) in [5, 5.41) is 22.2. The Morgan fingerprint density at radius 2 is 1.34 bits per heavy atom. The third-order valence-corrected chi connectivity index (χ3v) is 17.2. The van der Waals surface area contributed by atoms with Crippen molar-refractivity contribution in [1.82, 2.24) is 58.6 Å². The monoisotopic (exact) mass is 1210 g/mol. The maximum absolute atomic E-state index is 13.7. The fourth-order valence-electron chi connectivity index (χ4n) is 8.30. The minimum Gasteiger partial charge on any atom is -0.492 e. The standard InChI is InChI=1S/C37H46ClN15O22P4/c1-66-27-26(73-76(58,59)69-11-18-24(54)25(55)34(71-18)53-15-45-22-31(53)48-37(41)49-32(22)56)19(72-35(27)52-14-44-21-28(39)42-13-43-30(21)52)12-70-78(62,63)75-79(64,65)74-77(60,61)68-9-2-3-20-46-29-23(33(57)50-36(40)47-29)51(20)8-10-67-17-6-4-16(38)5-7-17/h4-7,13-15,18-19,24-27,34-35,54-55H,2-3,8-12H2,1H3,(H,58,59)(H,60,61)(H,62,63)(H,64,65)(H2,39,42,43)(H3,40,47,50,57)(H3,41,48,49,56)/t18-,19-,24?,25?,26?,27?,34-,35-/m1/s1. The highest BCUT2D eigenvalue weighted by atomic mass is 35.5. The summed E-state index contributed by atoms with van der Waals surface area (Å²) in [6.07, 6.45) is -10.2. The number of aryl methyl sites for hydroxylation is 1. The number of imidazole rings is 3. The molecule has 2 aliphatic heterocycles. The number of halogens is 1. The van der Waals surface area contributed by atoms with E-state index in [1.165, 1.54) is 9.13 Å². The van der Waals surface area contributed by atoms with Gasteiger partial charge < -0.3 is 70.5 Å². The third kappa shape index (κ3) is 13.1. The van der Waals surface area contributed by atoms with E-state index in [0.717, 1.165) is 30.7 Å². The highest BCUT2D eigenvalue weighted by molar-refractivity contribution is 7.66. The number of nitrogens with two attached hydrogens (primary N) is 3. The van der Waals surface area contributed by atoms with Crippen molar-refractivity contribution >= 4 is 94.1 Å². The maximum atomic E-state index is 13.7. The number of rotatable bonds is 24. The first kappa shape index (κ1) is 58.0. The lowest BCUT2D eigenvalue weighted by molar-refractivity contribution is -0.0581. The lowest BCUT2D eigenvalue weighted by Gasteiger charge is -2.26. The van der Waals surface area contributed by atoms with Crippen LogP contribution in [0.2, 0.25) is 5.02 Å². The summed E-state index contributed by atoms with van der Waals surface area (Å²) < 4.78 is 109. The molecular formula is C37H46ClN15O22P4. The molecule has 1 aromatic carbocycles. The van der Waals surface area contributed by atoms with E-state index in [0.29, 0.717) is 10.8 Å². The van der Waals surface area contributed by atoms with Gasteiger partial charge >= 0.3 is 31.3 Å². The van der Waals surface area contributed by atoms with Crippen molar-refractivity contribution in [2.75, 3.05) is 50.7 Å². The molecule has 42 heteroatoms. The molecule has 7 aromatic rings. The Labute approximate surface area is 444 Å². The van der Waals surface area contributed by atoms with E-state index < -0.39 is 111 Å². The molecule has 0 radical (unpaired) electrons. The highest BCUT2D eigenvalue weighted by Crippen LogP contribution is 2.68. The third-order valence-electron chi connectivity index (χ3n) is 11.7. The number of anilines is 3. The molecule has 2 saturated heterocycles. The molecule has 12 atom stereocenters. The molecule has 0 spiro atoms. The van der Waals surface area contributed by atoms with Crippen molar-refractivity contribution in [3.63, 3.8) is 0 Å². The summed E-state index contributed by atoms with van der Waals surface area (Å²) in [7, 11) is -21.9. The second-order valence-electron chi connectivity index (χ2n) is 16.9. The molecule has 9 rings (SSSR count). The molecule has 8 heterocycles. The smallest absolute Gasteiger partial charge is 0.490 e. The van der Waals surface area contributed by atoms with Crippen molar-refractivity contribution in [2.45, 2.75) is 68.5 Å². The van der Waals surface area contributed by atoms with E-state index in [-0.39, 0.29) is 83.0 Å². The largest absolute Gasteiger partial charge is 0.492 e. The number of nitrogens with zero attached hydrogens (tertiary/aromatic N) is 10. The van der Waals surface area contributed by atoms with E-state index in [1.54, 1.807) is 24.3 Å². The summed E-state index contributed by atoms with van der Waals surface area (Å²) in [6, 6.07) is 6.48. The van der Waals surface area contributed by atoms with Crippen molar-refractivity contribution in [2.24, 2.45) is 0 Å². The van der Waals surface area contributed by atoms with Crippen LogP contribution in [-0.4, -0.2) is 159 Å². The molecule has 6 aromatic heterocycles. The summed E-state index contributed by atoms with van der Waals surface area (Å²) in [5.41, 5.74) is 15.7. The molecule has 79 heavy (non-hydrogen) atoms. The number of aromatic amines is 2. The molecule has 8 unspecified atom stereocenters. The second-order valence-corrected chi connectivity index (χ2v) is 23.4. The Bertz CT molecular complexity index is 3700. The predicted molar refractivity (Wildman–Crippen MR) is 265 cm³/mol. The number of nitrogens with one attached hydrogen (secondary N) is 2. The van der Waals surface area contributed by atoms with Crippen LogP contribution in [0, 0.1) is 0 Å². The number of benzene rings is 1. The number of methoxy groups -OCH3 is 1. The minimum absolute atomic E-state index is 0.0257. The van der Waals surface area contributed by atoms with Crippen molar-refractivity contribution in [3.05, 3.63) is 74.8 Å². The lowest BCUT2D eigenvalue weighted by Crippen LogP contribution is -2.38. The summed E-state index contributed by atoms with van der Waals surface area (Å²) >= 11 is 5.94. The summed E-state index contributed by atoms with van der Waals surface area (Å²) in [6.45, 7) is -2.78. The van der Waals surface area contributed by atoms with Crippen LogP contribution in [0.5, 0.6) is 5.75 Å². The Balaban J connectivity index is 0.837. The van der Waals surface area contributed by atoms with Crippen LogP contribution in [0.15, 0.2) is 52.8 Å². The number of aliphatic hydroxyl groups is 2. The SMILES string of the molecule is COC1C(OP(=O)(O)OC[C@H]2O[C@@H](n3cnc4c(=O)[nH]c(N)nc43)C(O)C2O)[C@@H](COP(=O)(O)OP(=O)(O)OP(=O)(O)OCCCc2nc3nc(N)[nH]c(=O)c3n2CCOc2ccc(Cl)cc2)O[C@H]1n1cnc2c(N)ncnc21. The van der Waals surface area contributed by atoms with Gasteiger partial charge in [0.2, 0.25) is 11.9 Å². The van der Waals surface area contributed by atoms with Gasteiger partial charge in [0.1, 0.15) is 66.6 Å². The van der Waals surface area contributed by atoms with E-state index in [1.807, 2.05) is 0 Å². The molecule has 0 saturated carbocycles. The molecule has 0 aliphatic carbocycles. The molecule has 14 N–H and O–H groups in total. The normalized spacial score (nSPS) is 24.7. The summed E-state index contributed by atoms with van der Waals surface area (Å²) in [4.78, 5) is 101. The van der Waals surface area contributed by atoms with E-state index in [4.69, 9.17) is 65.8 Å². The zero-order valence-electron chi connectivity index (χ0n) is 40.2. The van der Waals surface area contributed by atoms with E-state index in [2.05, 4.69) is 53.5 Å². The number of H-pyrrole nitrogens is 2. The summed E-state index contributed by atoms with van der Waals surface area (Å²) in [5.74, 6) is 0.0894. The number of hydrogen-bond donors (Lipinski definition) is 11. The lowest BCUT2D eigenvalue weighted by atomic mass is 10.1. The first-order chi connectivity index (χ1) is 37.3. The van der Waals surface area contributed by atoms with Gasteiger partial charge in [-0.2, -0.15) is 18.6 Å². The average Bonchev–Trinajstić information content (AvgIpc) is 4.22. The minimum atomic E-state index is -6.09. The van der Waals surface area contributed by atoms with Gasteiger partial charge in [-0.3, -0.25) is 46.8 Å². The Hall–Kier alpha value is -5.72. The second kappa shape index (κ2) is 23.0. The maximum Gasteiger partial charge on any atom is 0.490 e. The van der Waals surface area contributed by atoms with Crippen molar-refractivity contribution in [1.29, 1.82) is 0 Å². The number of phosphoric ester groups is 3. The van der Waals surface area contributed by atoms with Gasteiger partial charge in [0.25, 0.3) is 11.1 Å². The van der Waals surface area contributed by atoms with Crippen LogP contribution < -0.4 is 33.1 Å². The number of ether oxygens (including phenoxy) is 4. The van der Waals surface area contributed by atoms with Gasteiger partial charge in [-0.05, 0) is 30.7 Å². The Kier molecular flexibility index (Phi) is 16.9. The van der Waals surface area contributed by atoms with Gasteiger partial charge in [-0.25, -0.2) is 43.2 Å². The van der Waals surface area contributed by atoms with Crippen LogP contribution in [0.4, 0.5) is 17.7 Å². The fourth-order valence-corrected chi connectivity index (χ4v) is 12.9. The molecular weight excluding hydrogens is 1170 g/mol. The number of hydrogen-bond acceptors (Lipinski definition) is 28. The van der Waals surface area contributed by atoms with E-state index in [9.17, 15) is 57.6 Å². The zero-order chi connectivity index (χ0) is 56.8. The number of fused-ring (bicyclic) bond motifs is 3. The number of aromatic nitrogens is 12. The molecule has 0 amide bonds. The Morgan fingerprint density at radius 3 is 2.06 bits per heavy atom. The van der Waals surface area contributed by atoms with E-state index >= 15 is 0 Å². The van der Waals surface area contributed by atoms with Crippen LogP contribution in [-0.2, 0) is 72.2 Å². The number of aliphatic hydroxyl groups excluding tert-OH is 2. The molecule has 37 nitrogen and oxygen atoms in total. The topological polar surface area (TPSA) is 531 Å². The van der Waals surface area contributed by atoms with Gasteiger partial charge in [-0.1, -0.05) is 11.6 Å². The quantitative estimate of drug-likeness (QED) is 0.0278. The van der Waals surface area contributed by atoms with Gasteiger partial charge in [-0.15, -0.1) is 0 Å². The first-order valence-electron chi connectivity index (χ1n) is 22.7. The van der Waals surface area contributed by atoms with Crippen LogP contribution in [0.3, 0.4) is 0 Å². The molecule has 0 bridgehead atoms. The van der Waals surface area contributed by atoms with Gasteiger partial charge in [0, 0.05) is 18.6 Å². The van der Waals surface area contributed by atoms with Crippen LogP contribution in [0.25, 0.3) is 33.5 Å². The fraction of sp³-hybridized carbons (Fsp3) is 0.432.